The van der Waals surface area contributed by atoms with Gasteiger partial charge in [0.25, 0.3) is 5.88 Å². The lowest BCUT2D eigenvalue weighted by Crippen LogP contribution is -2.46. The predicted octanol–water partition coefficient (Wildman–Crippen LogP) is 2.65. The molecule has 3 rings (SSSR count). The highest BCUT2D eigenvalue weighted by Crippen LogP contribution is 2.26. The first kappa shape index (κ1) is 15.2. The van der Waals surface area contributed by atoms with Gasteiger partial charge in [0.05, 0.1) is 18.3 Å². The van der Waals surface area contributed by atoms with Gasteiger partial charge in [-0.15, -0.1) is 4.37 Å². The van der Waals surface area contributed by atoms with Crippen molar-refractivity contribution in [2.75, 3.05) is 37.7 Å². The van der Waals surface area contributed by atoms with Crippen molar-refractivity contribution >= 4 is 17.5 Å². The minimum absolute atomic E-state index is 0.698. The zero-order valence-electron chi connectivity index (χ0n) is 12.9. The number of hydrogen-bond acceptors (Lipinski definition) is 6. The summed E-state index contributed by atoms with van der Waals surface area (Å²) in [5.74, 6) is 1.61. The van der Waals surface area contributed by atoms with Gasteiger partial charge < -0.3 is 9.64 Å². The number of benzene rings is 1. The summed E-state index contributed by atoms with van der Waals surface area (Å²) < 4.78 is 14.4. The van der Waals surface area contributed by atoms with E-state index < -0.39 is 0 Å². The van der Waals surface area contributed by atoms with E-state index in [1.54, 1.807) is 0 Å². The Kier molecular flexibility index (Phi) is 5.24. The zero-order chi connectivity index (χ0) is 15.2. The van der Waals surface area contributed by atoms with E-state index in [0.717, 1.165) is 45.0 Å². The Hall–Kier alpha value is -1.66. The molecule has 1 aliphatic rings. The number of anilines is 1. The van der Waals surface area contributed by atoms with Crippen LogP contribution in [0.5, 0.6) is 5.88 Å². The van der Waals surface area contributed by atoms with Crippen molar-refractivity contribution < 1.29 is 4.74 Å². The van der Waals surface area contributed by atoms with Crippen molar-refractivity contribution in [2.24, 2.45) is 0 Å². The minimum Gasteiger partial charge on any atom is -0.474 e. The monoisotopic (exact) mass is 318 g/mol. The lowest BCUT2D eigenvalue weighted by molar-refractivity contribution is 0.247. The fourth-order valence-corrected chi connectivity index (χ4v) is 3.14. The van der Waals surface area contributed by atoms with Crippen LogP contribution in [-0.4, -0.2) is 46.4 Å². The van der Waals surface area contributed by atoms with Crippen LogP contribution in [0.3, 0.4) is 0 Å². The van der Waals surface area contributed by atoms with Crippen LogP contribution >= 0.6 is 11.7 Å². The van der Waals surface area contributed by atoms with E-state index in [0.29, 0.717) is 12.5 Å². The second kappa shape index (κ2) is 7.56. The zero-order valence-corrected chi connectivity index (χ0v) is 13.8. The maximum Gasteiger partial charge on any atom is 0.270 e. The van der Waals surface area contributed by atoms with Crippen LogP contribution in [0.15, 0.2) is 30.3 Å². The number of hydrogen-bond donors (Lipinski definition) is 0. The summed E-state index contributed by atoms with van der Waals surface area (Å²) >= 11 is 1.23. The number of aromatic nitrogens is 2. The van der Waals surface area contributed by atoms with Gasteiger partial charge in [0, 0.05) is 32.7 Å². The van der Waals surface area contributed by atoms with Crippen molar-refractivity contribution in [3.05, 3.63) is 35.9 Å². The molecule has 0 spiro atoms. The summed E-state index contributed by atoms with van der Waals surface area (Å²) in [6.07, 6.45) is 0.988. The van der Waals surface area contributed by atoms with Crippen LogP contribution in [0.25, 0.3) is 0 Å². The molecule has 1 aromatic heterocycles. The molecule has 2 heterocycles. The van der Waals surface area contributed by atoms with E-state index in [2.05, 4.69) is 55.8 Å². The molecule has 1 fully saturated rings. The number of piperazine rings is 1. The van der Waals surface area contributed by atoms with Gasteiger partial charge in [-0.1, -0.05) is 37.3 Å². The Morgan fingerprint density at radius 3 is 2.59 bits per heavy atom. The lowest BCUT2D eigenvalue weighted by Gasteiger charge is -2.34. The lowest BCUT2D eigenvalue weighted by atomic mass is 10.2. The van der Waals surface area contributed by atoms with Gasteiger partial charge in [0.2, 0.25) is 5.82 Å². The molecule has 0 saturated carbocycles. The van der Waals surface area contributed by atoms with E-state index in [1.807, 2.05) is 0 Å². The Bertz CT molecular complexity index is 567. The second-order valence-electron chi connectivity index (χ2n) is 5.49. The van der Waals surface area contributed by atoms with E-state index >= 15 is 0 Å². The average Bonchev–Trinajstić information content (AvgIpc) is 3.03. The summed E-state index contributed by atoms with van der Waals surface area (Å²) in [5, 5.41) is 0. The molecule has 2 aromatic rings. The fraction of sp³-hybridized carbons (Fsp3) is 0.500. The first-order chi connectivity index (χ1) is 10.9. The third-order valence-electron chi connectivity index (χ3n) is 3.81. The third kappa shape index (κ3) is 3.75. The summed E-state index contributed by atoms with van der Waals surface area (Å²) in [4.78, 5) is 4.77. The maximum atomic E-state index is 5.68. The molecule has 0 amide bonds. The summed E-state index contributed by atoms with van der Waals surface area (Å²) in [6, 6.07) is 10.6. The molecule has 1 saturated heterocycles. The molecule has 6 heteroatoms. The van der Waals surface area contributed by atoms with Crippen LogP contribution < -0.4 is 9.64 Å². The molecule has 0 unspecified atom stereocenters. The summed E-state index contributed by atoms with van der Waals surface area (Å²) in [7, 11) is 0. The molecule has 0 atom stereocenters. The molecule has 118 valence electrons. The predicted molar refractivity (Wildman–Crippen MR) is 89.6 cm³/mol. The minimum atomic E-state index is 0.698. The molecule has 0 N–H and O–H groups in total. The smallest absolute Gasteiger partial charge is 0.270 e. The van der Waals surface area contributed by atoms with Crippen molar-refractivity contribution in [1.82, 2.24) is 13.6 Å². The van der Waals surface area contributed by atoms with Crippen molar-refractivity contribution in [3.63, 3.8) is 0 Å². The summed E-state index contributed by atoms with van der Waals surface area (Å²) in [6.45, 7) is 7.85. The summed E-state index contributed by atoms with van der Waals surface area (Å²) in [5.41, 5.74) is 1.37. The third-order valence-corrected chi connectivity index (χ3v) is 4.31. The Balaban J connectivity index is 1.54. The SMILES string of the molecule is CCCOc1nsnc1N1CCN(Cc2ccccc2)CC1. The quantitative estimate of drug-likeness (QED) is 0.819. The Labute approximate surface area is 135 Å². The first-order valence-electron chi connectivity index (χ1n) is 7.83. The molecule has 1 aromatic carbocycles. The topological polar surface area (TPSA) is 41.5 Å². The van der Waals surface area contributed by atoms with Crippen molar-refractivity contribution in [3.8, 4) is 5.88 Å². The number of ether oxygens (including phenoxy) is 1. The fourth-order valence-electron chi connectivity index (χ4n) is 2.62. The van der Waals surface area contributed by atoms with Crippen LogP contribution in [0.4, 0.5) is 5.82 Å². The molecule has 0 bridgehead atoms. The molecular weight excluding hydrogens is 296 g/mol. The molecule has 22 heavy (non-hydrogen) atoms. The van der Waals surface area contributed by atoms with Gasteiger partial charge in [-0.3, -0.25) is 4.90 Å². The highest BCUT2D eigenvalue weighted by atomic mass is 32.1. The van der Waals surface area contributed by atoms with Crippen molar-refractivity contribution in [1.29, 1.82) is 0 Å². The van der Waals surface area contributed by atoms with E-state index in [4.69, 9.17) is 4.74 Å². The Morgan fingerprint density at radius 1 is 1.09 bits per heavy atom. The van der Waals surface area contributed by atoms with Crippen LogP contribution in [0, 0.1) is 0 Å². The molecular formula is C16H22N4OS. The van der Waals surface area contributed by atoms with Gasteiger partial charge in [-0.25, -0.2) is 0 Å². The normalized spacial score (nSPS) is 16.0. The number of nitrogens with zero attached hydrogens (tertiary/aromatic N) is 4. The molecule has 0 radical (unpaired) electrons. The highest BCUT2D eigenvalue weighted by Gasteiger charge is 2.22. The largest absolute Gasteiger partial charge is 0.474 e. The second-order valence-corrected chi connectivity index (χ2v) is 6.02. The van der Waals surface area contributed by atoms with E-state index in [9.17, 15) is 0 Å². The van der Waals surface area contributed by atoms with E-state index in [1.165, 1.54) is 17.3 Å². The molecule has 5 nitrogen and oxygen atoms in total. The average molecular weight is 318 g/mol. The van der Waals surface area contributed by atoms with Gasteiger partial charge in [0.15, 0.2) is 0 Å². The van der Waals surface area contributed by atoms with Crippen molar-refractivity contribution in [2.45, 2.75) is 19.9 Å². The first-order valence-corrected chi connectivity index (χ1v) is 8.56. The van der Waals surface area contributed by atoms with Crippen LogP contribution in [0.2, 0.25) is 0 Å². The van der Waals surface area contributed by atoms with Crippen LogP contribution in [0.1, 0.15) is 18.9 Å². The van der Waals surface area contributed by atoms with Gasteiger partial charge >= 0.3 is 0 Å². The van der Waals surface area contributed by atoms with Crippen LogP contribution in [-0.2, 0) is 6.54 Å². The van der Waals surface area contributed by atoms with E-state index in [-0.39, 0.29) is 0 Å². The van der Waals surface area contributed by atoms with Gasteiger partial charge in [0.1, 0.15) is 0 Å². The molecule has 0 aliphatic carbocycles. The standard InChI is InChI=1S/C16H22N4OS/c1-2-12-21-16-15(17-22-18-16)20-10-8-19(9-11-20)13-14-6-4-3-5-7-14/h3-7H,2,8-13H2,1H3. The molecule has 1 aliphatic heterocycles. The Morgan fingerprint density at radius 2 is 1.86 bits per heavy atom. The highest BCUT2D eigenvalue weighted by molar-refractivity contribution is 6.99. The van der Waals surface area contributed by atoms with Gasteiger partial charge in [-0.05, 0) is 12.0 Å². The van der Waals surface area contributed by atoms with Gasteiger partial charge in [-0.2, -0.15) is 4.37 Å². The maximum absolute atomic E-state index is 5.68. The number of rotatable bonds is 6.